The highest BCUT2D eigenvalue weighted by Crippen LogP contribution is 2.29. The molecule has 5 rings (SSSR count). The van der Waals surface area contributed by atoms with Gasteiger partial charge in [-0.05, 0) is 60.0 Å². The molecule has 156 valence electrons. The van der Waals surface area contributed by atoms with E-state index in [1.165, 1.54) is 0 Å². The Morgan fingerprint density at radius 3 is 2.19 bits per heavy atom. The van der Waals surface area contributed by atoms with Crippen LogP contribution in [0.1, 0.15) is 10.4 Å². The zero-order valence-corrected chi connectivity index (χ0v) is 17.8. The van der Waals surface area contributed by atoms with E-state index in [1.54, 1.807) is 22.2 Å². The maximum atomic E-state index is 13.2. The molecule has 32 heavy (non-hydrogen) atoms. The SMILES string of the molecule is O=C(Nc1ccc(Oc2ccccc2)cc1)c1cn(-c2ccccc2)nc1-c1cccs1. The van der Waals surface area contributed by atoms with Gasteiger partial charge in [0.15, 0.2) is 0 Å². The van der Waals surface area contributed by atoms with Crippen molar-refractivity contribution in [3.63, 3.8) is 0 Å². The molecule has 5 aromatic rings. The van der Waals surface area contributed by atoms with Crippen LogP contribution < -0.4 is 10.1 Å². The van der Waals surface area contributed by atoms with Gasteiger partial charge < -0.3 is 10.1 Å². The number of nitrogens with zero attached hydrogens (tertiary/aromatic N) is 2. The lowest BCUT2D eigenvalue weighted by atomic mass is 10.2. The average molecular weight is 438 g/mol. The molecule has 2 aromatic heterocycles. The summed E-state index contributed by atoms with van der Waals surface area (Å²) >= 11 is 1.55. The number of benzene rings is 3. The number of carbonyl (C=O) groups is 1. The van der Waals surface area contributed by atoms with E-state index < -0.39 is 0 Å². The Labute approximate surface area is 189 Å². The van der Waals surface area contributed by atoms with Gasteiger partial charge in [0.1, 0.15) is 17.2 Å². The van der Waals surface area contributed by atoms with Gasteiger partial charge in [-0.2, -0.15) is 5.10 Å². The number of amides is 1. The summed E-state index contributed by atoms with van der Waals surface area (Å²) in [4.78, 5) is 14.1. The smallest absolute Gasteiger partial charge is 0.259 e. The van der Waals surface area contributed by atoms with Crippen LogP contribution >= 0.6 is 11.3 Å². The molecule has 0 saturated heterocycles. The molecule has 0 atom stereocenters. The van der Waals surface area contributed by atoms with Crippen LogP contribution in [-0.4, -0.2) is 15.7 Å². The second-order valence-electron chi connectivity index (χ2n) is 7.04. The van der Waals surface area contributed by atoms with E-state index in [4.69, 9.17) is 9.84 Å². The summed E-state index contributed by atoms with van der Waals surface area (Å²) in [6.07, 6.45) is 1.77. The standard InChI is InChI=1S/C26H19N3O2S/c30-26(27-19-13-15-22(16-14-19)31-21-10-5-2-6-11-21)23-18-29(20-8-3-1-4-9-20)28-25(23)24-12-7-17-32-24/h1-18H,(H,27,30). The van der Waals surface area contributed by atoms with Gasteiger partial charge in [-0.15, -0.1) is 11.3 Å². The molecule has 0 radical (unpaired) electrons. The molecule has 0 saturated carbocycles. The van der Waals surface area contributed by atoms with E-state index in [0.717, 1.165) is 16.3 Å². The van der Waals surface area contributed by atoms with Crippen molar-refractivity contribution in [2.75, 3.05) is 5.32 Å². The molecule has 5 nitrogen and oxygen atoms in total. The lowest BCUT2D eigenvalue weighted by Crippen LogP contribution is -2.12. The van der Waals surface area contributed by atoms with Crippen LogP contribution in [0.5, 0.6) is 11.5 Å². The van der Waals surface area contributed by atoms with E-state index in [0.29, 0.717) is 22.7 Å². The minimum atomic E-state index is -0.215. The van der Waals surface area contributed by atoms with Crippen molar-refractivity contribution in [3.05, 3.63) is 114 Å². The lowest BCUT2D eigenvalue weighted by Gasteiger charge is -2.08. The van der Waals surface area contributed by atoms with Crippen molar-refractivity contribution in [3.8, 4) is 27.8 Å². The summed E-state index contributed by atoms with van der Waals surface area (Å²) in [7, 11) is 0. The average Bonchev–Trinajstić information content (AvgIpc) is 3.52. The summed E-state index contributed by atoms with van der Waals surface area (Å²) in [6, 6.07) is 30.6. The Hall–Kier alpha value is -4.16. The maximum Gasteiger partial charge on any atom is 0.259 e. The zero-order chi connectivity index (χ0) is 21.8. The maximum absolute atomic E-state index is 13.2. The fraction of sp³-hybridized carbons (Fsp3) is 0. The first-order valence-electron chi connectivity index (χ1n) is 10.1. The topological polar surface area (TPSA) is 56.1 Å². The van der Waals surface area contributed by atoms with Gasteiger partial charge in [0, 0.05) is 11.9 Å². The summed E-state index contributed by atoms with van der Waals surface area (Å²) in [5.74, 6) is 1.25. The van der Waals surface area contributed by atoms with Crippen LogP contribution in [-0.2, 0) is 0 Å². The Morgan fingerprint density at radius 2 is 1.50 bits per heavy atom. The lowest BCUT2D eigenvalue weighted by molar-refractivity contribution is 0.102. The van der Waals surface area contributed by atoms with Crippen LogP contribution in [0.4, 0.5) is 5.69 Å². The van der Waals surface area contributed by atoms with Crippen molar-refractivity contribution in [1.29, 1.82) is 0 Å². The van der Waals surface area contributed by atoms with Gasteiger partial charge in [-0.25, -0.2) is 4.68 Å². The highest BCUT2D eigenvalue weighted by Gasteiger charge is 2.19. The van der Waals surface area contributed by atoms with Crippen molar-refractivity contribution in [2.45, 2.75) is 0 Å². The second-order valence-corrected chi connectivity index (χ2v) is 7.99. The highest BCUT2D eigenvalue weighted by molar-refractivity contribution is 7.13. The summed E-state index contributed by atoms with van der Waals surface area (Å²) in [5, 5.41) is 9.64. The van der Waals surface area contributed by atoms with E-state index in [1.807, 2.05) is 102 Å². The number of para-hydroxylation sites is 2. The Balaban J connectivity index is 1.38. The number of rotatable bonds is 6. The van der Waals surface area contributed by atoms with Crippen LogP contribution in [0.25, 0.3) is 16.3 Å². The van der Waals surface area contributed by atoms with Gasteiger partial charge in [0.2, 0.25) is 0 Å². The van der Waals surface area contributed by atoms with Crippen molar-refractivity contribution in [1.82, 2.24) is 9.78 Å². The van der Waals surface area contributed by atoms with E-state index in [-0.39, 0.29) is 5.91 Å². The van der Waals surface area contributed by atoms with Gasteiger partial charge in [0.05, 0.1) is 16.1 Å². The van der Waals surface area contributed by atoms with Crippen LogP contribution in [0, 0.1) is 0 Å². The fourth-order valence-electron chi connectivity index (χ4n) is 3.28. The molecule has 0 aliphatic carbocycles. The molecule has 0 bridgehead atoms. The third-order valence-corrected chi connectivity index (χ3v) is 5.70. The van der Waals surface area contributed by atoms with Gasteiger partial charge >= 0.3 is 0 Å². The molecular formula is C26H19N3O2S. The van der Waals surface area contributed by atoms with Crippen LogP contribution in [0.3, 0.4) is 0 Å². The molecule has 3 aromatic carbocycles. The number of hydrogen-bond donors (Lipinski definition) is 1. The predicted molar refractivity (Wildman–Crippen MR) is 128 cm³/mol. The van der Waals surface area contributed by atoms with Crippen LogP contribution in [0.15, 0.2) is 109 Å². The molecular weight excluding hydrogens is 418 g/mol. The predicted octanol–water partition coefficient (Wildman–Crippen LogP) is 6.65. The number of ether oxygens (including phenoxy) is 1. The monoisotopic (exact) mass is 437 g/mol. The molecule has 0 aliphatic rings. The largest absolute Gasteiger partial charge is 0.457 e. The first kappa shape index (κ1) is 19.8. The molecule has 0 aliphatic heterocycles. The number of anilines is 1. The quantitative estimate of drug-likeness (QED) is 0.324. The van der Waals surface area contributed by atoms with Crippen molar-refractivity contribution >= 4 is 22.9 Å². The third kappa shape index (κ3) is 4.31. The molecule has 1 amide bonds. The Morgan fingerprint density at radius 1 is 0.812 bits per heavy atom. The number of thiophene rings is 1. The first-order chi connectivity index (χ1) is 15.8. The normalized spacial score (nSPS) is 10.6. The molecule has 2 heterocycles. The van der Waals surface area contributed by atoms with Gasteiger partial charge in [0.25, 0.3) is 5.91 Å². The minimum absolute atomic E-state index is 0.215. The Bertz CT molecular complexity index is 1310. The molecule has 0 fully saturated rings. The molecule has 1 N–H and O–H groups in total. The van der Waals surface area contributed by atoms with Crippen LogP contribution in [0.2, 0.25) is 0 Å². The van der Waals surface area contributed by atoms with E-state index in [9.17, 15) is 4.79 Å². The molecule has 6 heteroatoms. The van der Waals surface area contributed by atoms with Crippen molar-refractivity contribution in [2.24, 2.45) is 0 Å². The van der Waals surface area contributed by atoms with E-state index in [2.05, 4.69) is 5.32 Å². The van der Waals surface area contributed by atoms with Gasteiger partial charge in [-0.1, -0.05) is 42.5 Å². The number of aromatic nitrogens is 2. The minimum Gasteiger partial charge on any atom is -0.457 e. The van der Waals surface area contributed by atoms with E-state index >= 15 is 0 Å². The summed E-state index contributed by atoms with van der Waals surface area (Å²) in [6.45, 7) is 0. The number of nitrogens with one attached hydrogen (secondary N) is 1. The Kier molecular flexibility index (Phi) is 5.51. The fourth-order valence-corrected chi connectivity index (χ4v) is 4.00. The molecule has 0 unspecified atom stereocenters. The second kappa shape index (κ2) is 8.91. The number of hydrogen-bond acceptors (Lipinski definition) is 4. The zero-order valence-electron chi connectivity index (χ0n) is 17.0. The van der Waals surface area contributed by atoms with Gasteiger partial charge in [-0.3, -0.25) is 4.79 Å². The highest BCUT2D eigenvalue weighted by atomic mass is 32.1. The third-order valence-electron chi connectivity index (χ3n) is 4.83. The summed E-state index contributed by atoms with van der Waals surface area (Å²) < 4.78 is 7.56. The number of carbonyl (C=O) groups excluding carboxylic acids is 1. The van der Waals surface area contributed by atoms with Crippen molar-refractivity contribution < 1.29 is 9.53 Å². The first-order valence-corrected chi connectivity index (χ1v) is 11.0. The molecule has 0 spiro atoms. The summed E-state index contributed by atoms with van der Waals surface area (Å²) in [5.41, 5.74) is 2.75.